The highest BCUT2D eigenvalue weighted by Crippen LogP contribution is 2.30. The molecule has 0 bridgehead atoms. The Hall–Kier alpha value is -1.62. The van der Waals surface area contributed by atoms with Crippen LogP contribution in [0, 0.1) is 24.6 Å². The van der Waals surface area contributed by atoms with E-state index < -0.39 is 11.7 Å². The predicted molar refractivity (Wildman–Crippen MR) is 75.8 cm³/mol. The molecule has 1 aromatic carbocycles. The molecule has 2 rings (SSSR count). The zero-order valence-electron chi connectivity index (χ0n) is 11.7. The minimum absolute atomic E-state index is 0.0129. The van der Waals surface area contributed by atoms with Crippen molar-refractivity contribution in [3.8, 4) is 0 Å². The third kappa shape index (κ3) is 3.10. The van der Waals surface area contributed by atoms with Gasteiger partial charge in [0, 0.05) is 18.8 Å². The minimum atomic E-state index is -0.526. The maximum atomic E-state index is 13.9. The quantitative estimate of drug-likeness (QED) is 0.737. The van der Waals surface area contributed by atoms with Crippen LogP contribution in [0.1, 0.15) is 35.2 Å². The number of aliphatic hydroxyl groups is 1. The number of nitrogens with one attached hydrogen (secondary N) is 1. The molecular weight excluding hydrogens is 259 g/mol. The van der Waals surface area contributed by atoms with Gasteiger partial charge in [0.05, 0.1) is 5.56 Å². The highest BCUT2D eigenvalue weighted by Gasteiger charge is 2.27. The molecule has 1 fully saturated rings. The summed E-state index contributed by atoms with van der Waals surface area (Å²) in [6, 6.07) is 2.86. The van der Waals surface area contributed by atoms with E-state index in [4.69, 9.17) is 5.73 Å². The number of nitrogens with two attached hydrogens (primary N) is 1. The third-order valence-electron chi connectivity index (χ3n) is 4.10. The first-order valence-electron chi connectivity index (χ1n) is 6.97. The number of aliphatic hydroxyl groups excluding tert-OH is 1. The van der Waals surface area contributed by atoms with Gasteiger partial charge in [0.25, 0.3) is 5.91 Å². The number of benzene rings is 1. The molecule has 1 aliphatic rings. The molecule has 4 N–H and O–H groups in total. The number of nitrogen functional groups attached to an aromatic ring is 1. The molecule has 0 aliphatic heterocycles. The fraction of sp³-hybridized carbons (Fsp3) is 0.533. The summed E-state index contributed by atoms with van der Waals surface area (Å²) in [5.41, 5.74) is 6.38. The summed E-state index contributed by atoms with van der Waals surface area (Å²) in [6.07, 6.45) is 3.05. The van der Waals surface area contributed by atoms with Gasteiger partial charge in [0.15, 0.2) is 0 Å². The molecule has 0 spiro atoms. The van der Waals surface area contributed by atoms with Gasteiger partial charge in [-0.15, -0.1) is 0 Å². The van der Waals surface area contributed by atoms with Gasteiger partial charge in [-0.3, -0.25) is 4.79 Å². The summed E-state index contributed by atoms with van der Waals surface area (Å²) in [5, 5.41) is 12.0. The van der Waals surface area contributed by atoms with E-state index in [1.807, 2.05) is 0 Å². The van der Waals surface area contributed by atoms with Gasteiger partial charge in [-0.25, -0.2) is 4.39 Å². The Morgan fingerprint density at radius 1 is 1.45 bits per heavy atom. The van der Waals surface area contributed by atoms with Crippen LogP contribution in [0.25, 0.3) is 0 Å². The molecule has 0 radical (unpaired) electrons. The Morgan fingerprint density at radius 2 is 2.15 bits per heavy atom. The molecular formula is C15H21FN2O2. The summed E-state index contributed by atoms with van der Waals surface area (Å²) >= 11 is 0. The number of anilines is 1. The van der Waals surface area contributed by atoms with Crippen molar-refractivity contribution in [2.24, 2.45) is 11.8 Å². The summed E-state index contributed by atoms with van der Waals surface area (Å²) < 4.78 is 13.9. The molecule has 5 heteroatoms. The first-order valence-corrected chi connectivity index (χ1v) is 6.97. The first kappa shape index (κ1) is 14.8. The lowest BCUT2D eigenvalue weighted by Gasteiger charge is -2.18. The van der Waals surface area contributed by atoms with E-state index in [-0.39, 0.29) is 24.0 Å². The van der Waals surface area contributed by atoms with Crippen molar-refractivity contribution in [3.63, 3.8) is 0 Å². The van der Waals surface area contributed by atoms with Crippen molar-refractivity contribution < 1.29 is 14.3 Å². The lowest BCUT2D eigenvalue weighted by Crippen LogP contribution is -2.32. The molecule has 0 saturated heterocycles. The molecule has 0 heterocycles. The molecule has 4 nitrogen and oxygen atoms in total. The van der Waals surface area contributed by atoms with Crippen molar-refractivity contribution in [2.75, 3.05) is 18.9 Å². The molecule has 1 aliphatic carbocycles. The van der Waals surface area contributed by atoms with Crippen LogP contribution in [0.15, 0.2) is 12.1 Å². The Labute approximate surface area is 118 Å². The van der Waals surface area contributed by atoms with Crippen LogP contribution < -0.4 is 11.1 Å². The van der Waals surface area contributed by atoms with Crippen molar-refractivity contribution in [1.29, 1.82) is 0 Å². The van der Waals surface area contributed by atoms with E-state index in [1.165, 1.54) is 12.1 Å². The van der Waals surface area contributed by atoms with Crippen LogP contribution in [-0.2, 0) is 0 Å². The highest BCUT2D eigenvalue weighted by atomic mass is 19.1. The van der Waals surface area contributed by atoms with E-state index in [0.29, 0.717) is 17.8 Å². The number of aryl methyl sites for hydroxylation is 1. The van der Waals surface area contributed by atoms with Gasteiger partial charge >= 0.3 is 0 Å². The molecule has 1 saturated carbocycles. The fourth-order valence-electron chi connectivity index (χ4n) is 2.90. The van der Waals surface area contributed by atoms with Gasteiger partial charge in [-0.05, 0) is 49.3 Å². The second-order valence-electron chi connectivity index (χ2n) is 5.54. The van der Waals surface area contributed by atoms with Gasteiger partial charge in [-0.1, -0.05) is 6.42 Å². The zero-order chi connectivity index (χ0) is 14.7. The summed E-state index contributed by atoms with van der Waals surface area (Å²) in [6.45, 7) is 2.20. The lowest BCUT2D eigenvalue weighted by atomic mass is 9.97. The second-order valence-corrected chi connectivity index (χ2v) is 5.54. The molecule has 2 atom stereocenters. The van der Waals surface area contributed by atoms with Gasteiger partial charge in [0.1, 0.15) is 5.82 Å². The highest BCUT2D eigenvalue weighted by molar-refractivity contribution is 5.95. The number of carbonyl (C=O) groups excluding carboxylic acids is 1. The third-order valence-corrected chi connectivity index (χ3v) is 4.10. The normalized spacial score (nSPS) is 21.9. The number of halogens is 1. The first-order chi connectivity index (χ1) is 9.52. The van der Waals surface area contributed by atoms with Crippen molar-refractivity contribution in [2.45, 2.75) is 26.2 Å². The Balaban J connectivity index is 2.02. The van der Waals surface area contributed by atoms with Gasteiger partial charge in [0.2, 0.25) is 0 Å². The van der Waals surface area contributed by atoms with Crippen LogP contribution in [0.4, 0.5) is 10.1 Å². The van der Waals surface area contributed by atoms with Gasteiger partial charge in [-0.2, -0.15) is 0 Å². The Morgan fingerprint density at radius 3 is 2.85 bits per heavy atom. The van der Waals surface area contributed by atoms with Crippen molar-refractivity contribution in [1.82, 2.24) is 5.32 Å². The summed E-state index contributed by atoms with van der Waals surface area (Å²) in [4.78, 5) is 12.1. The van der Waals surface area contributed by atoms with E-state index in [9.17, 15) is 14.3 Å². The van der Waals surface area contributed by atoms with Crippen LogP contribution in [0.2, 0.25) is 0 Å². The largest absolute Gasteiger partial charge is 0.399 e. The van der Waals surface area contributed by atoms with E-state index in [0.717, 1.165) is 19.3 Å². The lowest BCUT2D eigenvalue weighted by molar-refractivity contribution is 0.0933. The maximum absolute atomic E-state index is 13.9. The number of rotatable bonds is 4. The van der Waals surface area contributed by atoms with E-state index in [2.05, 4.69) is 5.32 Å². The average Bonchev–Trinajstić information content (AvgIpc) is 2.87. The molecule has 1 aromatic rings. The molecule has 1 amide bonds. The maximum Gasteiger partial charge on any atom is 0.254 e. The standard InChI is InChI=1S/C15H21FN2O2/c1-9-5-12(17)6-13(14(9)16)15(20)18-7-10-3-2-4-11(10)8-19/h5-6,10-11,19H,2-4,7-8,17H2,1H3,(H,18,20). The monoisotopic (exact) mass is 280 g/mol. The summed E-state index contributed by atoms with van der Waals surface area (Å²) in [7, 11) is 0. The van der Waals surface area contributed by atoms with Crippen LogP contribution >= 0.6 is 0 Å². The summed E-state index contributed by atoms with van der Waals surface area (Å²) in [5.74, 6) is -0.458. The molecule has 0 aromatic heterocycles. The minimum Gasteiger partial charge on any atom is -0.399 e. The SMILES string of the molecule is Cc1cc(N)cc(C(=O)NCC2CCCC2CO)c1F. The van der Waals surface area contributed by atoms with Crippen molar-refractivity contribution >= 4 is 11.6 Å². The van der Waals surface area contributed by atoms with Gasteiger partial charge < -0.3 is 16.2 Å². The molecule has 110 valence electrons. The Kier molecular flexibility index (Phi) is 4.60. The number of carbonyl (C=O) groups is 1. The van der Waals surface area contributed by atoms with Crippen LogP contribution in [0.5, 0.6) is 0 Å². The predicted octanol–water partition coefficient (Wildman–Crippen LogP) is 1.85. The topological polar surface area (TPSA) is 75.4 Å². The Bertz CT molecular complexity index is 505. The number of hydrogen-bond acceptors (Lipinski definition) is 3. The second kappa shape index (κ2) is 6.22. The molecule has 20 heavy (non-hydrogen) atoms. The average molecular weight is 280 g/mol. The molecule has 2 unspecified atom stereocenters. The smallest absolute Gasteiger partial charge is 0.254 e. The van der Waals surface area contributed by atoms with Crippen LogP contribution in [-0.4, -0.2) is 24.2 Å². The van der Waals surface area contributed by atoms with E-state index in [1.54, 1.807) is 6.92 Å². The van der Waals surface area contributed by atoms with Crippen LogP contribution in [0.3, 0.4) is 0 Å². The number of amides is 1. The fourth-order valence-corrected chi connectivity index (χ4v) is 2.90. The zero-order valence-corrected chi connectivity index (χ0v) is 11.7. The number of hydrogen-bond donors (Lipinski definition) is 3. The van der Waals surface area contributed by atoms with Crippen molar-refractivity contribution in [3.05, 3.63) is 29.1 Å². The van der Waals surface area contributed by atoms with E-state index >= 15 is 0 Å².